The van der Waals surface area contributed by atoms with E-state index in [2.05, 4.69) is 4.72 Å². The van der Waals surface area contributed by atoms with E-state index in [0.717, 1.165) is 11.3 Å². The highest BCUT2D eigenvalue weighted by Gasteiger charge is 2.26. The monoisotopic (exact) mass is 323 g/mol. The molecule has 3 N–H and O–H groups in total. The number of aromatic carboxylic acids is 1. The van der Waals surface area contributed by atoms with Gasteiger partial charge in [-0.05, 0) is 24.3 Å². The SMILES string of the molecule is COCC(O)CCNS(=O)(=O)c1c(C)csc1C(=O)O. The Balaban J connectivity index is 2.80. The Kier molecular flexibility index (Phi) is 6.08. The molecule has 1 aromatic rings. The van der Waals surface area contributed by atoms with Gasteiger partial charge >= 0.3 is 5.97 Å². The lowest BCUT2D eigenvalue weighted by molar-refractivity contribution is 0.0603. The average Bonchev–Trinajstić information content (AvgIpc) is 2.72. The van der Waals surface area contributed by atoms with Gasteiger partial charge < -0.3 is 14.9 Å². The number of aliphatic hydroxyl groups is 1. The first-order chi connectivity index (χ1) is 9.29. The zero-order valence-electron chi connectivity index (χ0n) is 11.1. The number of carboxylic acid groups (broad SMARTS) is 1. The second-order valence-electron chi connectivity index (χ2n) is 4.18. The van der Waals surface area contributed by atoms with Crippen molar-refractivity contribution in [1.82, 2.24) is 4.72 Å². The number of sulfonamides is 1. The van der Waals surface area contributed by atoms with Crippen LogP contribution < -0.4 is 4.72 Å². The van der Waals surface area contributed by atoms with Crippen molar-refractivity contribution in [2.45, 2.75) is 24.3 Å². The minimum Gasteiger partial charge on any atom is -0.477 e. The molecular weight excluding hydrogens is 306 g/mol. The quantitative estimate of drug-likeness (QED) is 0.639. The number of methoxy groups -OCH3 is 1. The van der Waals surface area contributed by atoms with E-state index in [0.29, 0.717) is 5.56 Å². The number of hydrogen-bond acceptors (Lipinski definition) is 6. The highest BCUT2D eigenvalue weighted by atomic mass is 32.2. The Morgan fingerprint density at radius 2 is 2.20 bits per heavy atom. The maximum absolute atomic E-state index is 12.1. The molecule has 0 aliphatic rings. The molecule has 0 spiro atoms. The molecular formula is C11H17NO6S2. The van der Waals surface area contributed by atoms with Crippen molar-refractivity contribution in [1.29, 1.82) is 0 Å². The summed E-state index contributed by atoms with van der Waals surface area (Å²) in [7, 11) is -2.47. The summed E-state index contributed by atoms with van der Waals surface area (Å²) in [4.78, 5) is 10.6. The van der Waals surface area contributed by atoms with E-state index < -0.39 is 22.1 Å². The fraction of sp³-hybridized carbons (Fsp3) is 0.545. The summed E-state index contributed by atoms with van der Waals surface area (Å²) in [5.74, 6) is -1.28. The molecule has 0 aromatic carbocycles. The van der Waals surface area contributed by atoms with Gasteiger partial charge in [-0.1, -0.05) is 0 Å². The molecule has 0 saturated heterocycles. The molecule has 1 unspecified atom stereocenters. The summed E-state index contributed by atoms with van der Waals surface area (Å²) in [6, 6.07) is 0. The zero-order chi connectivity index (χ0) is 15.3. The molecule has 114 valence electrons. The molecule has 1 atom stereocenters. The van der Waals surface area contributed by atoms with Crippen molar-refractivity contribution < 1.29 is 28.2 Å². The van der Waals surface area contributed by atoms with Crippen molar-refractivity contribution in [3.8, 4) is 0 Å². The Bertz CT molecular complexity index is 565. The predicted octanol–water partition coefficient (Wildman–Crippen LogP) is 0.430. The number of thiophene rings is 1. The van der Waals surface area contributed by atoms with Crippen molar-refractivity contribution in [3.05, 3.63) is 15.8 Å². The van der Waals surface area contributed by atoms with Crippen LogP contribution in [0, 0.1) is 6.92 Å². The van der Waals surface area contributed by atoms with Crippen LogP contribution in [0.25, 0.3) is 0 Å². The number of carbonyl (C=O) groups is 1. The van der Waals surface area contributed by atoms with E-state index in [1.165, 1.54) is 19.4 Å². The highest BCUT2D eigenvalue weighted by Crippen LogP contribution is 2.26. The number of aryl methyl sites for hydroxylation is 1. The smallest absolute Gasteiger partial charge is 0.347 e. The van der Waals surface area contributed by atoms with E-state index in [1.54, 1.807) is 0 Å². The molecule has 0 radical (unpaired) electrons. The summed E-state index contributed by atoms with van der Waals surface area (Å²) in [6.45, 7) is 1.65. The molecule has 1 aromatic heterocycles. The van der Waals surface area contributed by atoms with Crippen LogP contribution in [0.4, 0.5) is 0 Å². The molecule has 20 heavy (non-hydrogen) atoms. The Labute approximate surface area is 121 Å². The van der Waals surface area contributed by atoms with Crippen molar-refractivity contribution in [3.63, 3.8) is 0 Å². The number of ether oxygens (including phenoxy) is 1. The Morgan fingerprint density at radius 1 is 1.55 bits per heavy atom. The van der Waals surface area contributed by atoms with E-state index in [9.17, 15) is 18.3 Å². The van der Waals surface area contributed by atoms with Crippen LogP contribution in [0.5, 0.6) is 0 Å². The molecule has 0 aliphatic heterocycles. The van der Waals surface area contributed by atoms with Crippen LogP contribution in [0.1, 0.15) is 21.7 Å². The maximum atomic E-state index is 12.1. The molecule has 0 fully saturated rings. The number of aliphatic hydroxyl groups excluding tert-OH is 1. The molecule has 9 heteroatoms. The summed E-state index contributed by atoms with van der Waals surface area (Å²) in [5.41, 5.74) is 0.386. The van der Waals surface area contributed by atoms with E-state index >= 15 is 0 Å². The summed E-state index contributed by atoms with van der Waals surface area (Å²) in [6.07, 6.45) is -0.594. The van der Waals surface area contributed by atoms with Crippen LogP contribution >= 0.6 is 11.3 Å². The third-order valence-electron chi connectivity index (χ3n) is 2.51. The van der Waals surface area contributed by atoms with Gasteiger partial charge in [0.2, 0.25) is 10.0 Å². The van der Waals surface area contributed by atoms with Crippen molar-refractivity contribution >= 4 is 27.3 Å². The van der Waals surface area contributed by atoms with Gasteiger partial charge in [-0.2, -0.15) is 0 Å². The molecule has 0 bridgehead atoms. The van der Waals surface area contributed by atoms with Gasteiger partial charge in [0.25, 0.3) is 0 Å². The number of rotatable bonds is 8. The lowest BCUT2D eigenvalue weighted by Crippen LogP contribution is -2.29. The van der Waals surface area contributed by atoms with Gasteiger partial charge in [-0.25, -0.2) is 17.9 Å². The Hall–Kier alpha value is -1.00. The standard InChI is InChI=1S/C11H17NO6S2/c1-7-6-19-9(11(14)15)10(7)20(16,17)12-4-3-8(13)5-18-2/h6,8,12-13H,3-5H2,1-2H3,(H,14,15). The van der Waals surface area contributed by atoms with Gasteiger partial charge in [-0.15, -0.1) is 11.3 Å². The van der Waals surface area contributed by atoms with Crippen LogP contribution in [0.3, 0.4) is 0 Å². The minimum atomic E-state index is -3.91. The number of hydrogen-bond donors (Lipinski definition) is 3. The summed E-state index contributed by atoms with van der Waals surface area (Å²) < 4.78 is 31.2. The molecule has 1 rings (SSSR count). The molecule has 7 nitrogen and oxygen atoms in total. The number of nitrogens with one attached hydrogen (secondary N) is 1. The molecule has 0 saturated carbocycles. The third-order valence-corrected chi connectivity index (χ3v) is 5.37. The second-order valence-corrected chi connectivity index (χ2v) is 6.76. The van der Waals surface area contributed by atoms with Crippen LogP contribution in [0.15, 0.2) is 10.3 Å². The maximum Gasteiger partial charge on any atom is 0.347 e. The van der Waals surface area contributed by atoms with Gasteiger partial charge in [0.05, 0.1) is 12.7 Å². The third kappa shape index (κ3) is 4.25. The van der Waals surface area contributed by atoms with Gasteiger partial charge in [0, 0.05) is 13.7 Å². The van der Waals surface area contributed by atoms with Crippen molar-refractivity contribution in [2.24, 2.45) is 0 Å². The predicted molar refractivity (Wildman–Crippen MR) is 73.7 cm³/mol. The largest absolute Gasteiger partial charge is 0.477 e. The fourth-order valence-corrected chi connectivity index (χ4v) is 4.30. The second kappa shape index (κ2) is 7.14. The van der Waals surface area contributed by atoms with Gasteiger partial charge in [0.15, 0.2) is 0 Å². The average molecular weight is 323 g/mol. The summed E-state index contributed by atoms with van der Waals surface area (Å²) in [5, 5.41) is 19.9. The van der Waals surface area contributed by atoms with E-state index in [1.807, 2.05) is 0 Å². The lowest BCUT2D eigenvalue weighted by atomic mass is 10.3. The normalized spacial score (nSPS) is 13.3. The van der Waals surface area contributed by atoms with Gasteiger partial charge in [-0.3, -0.25) is 0 Å². The highest BCUT2D eigenvalue weighted by molar-refractivity contribution is 7.89. The van der Waals surface area contributed by atoms with E-state index in [-0.39, 0.29) is 29.3 Å². The molecule has 0 aliphatic carbocycles. The fourth-order valence-electron chi connectivity index (χ4n) is 1.62. The van der Waals surface area contributed by atoms with Crippen LogP contribution in [-0.4, -0.2) is 51.0 Å². The zero-order valence-corrected chi connectivity index (χ0v) is 12.8. The molecule has 1 heterocycles. The summed E-state index contributed by atoms with van der Waals surface area (Å²) >= 11 is 0.871. The Morgan fingerprint density at radius 3 is 2.75 bits per heavy atom. The lowest BCUT2D eigenvalue weighted by Gasteiger charge is -2.11. The van der Waals surface area contributed by atoms with Crippen molar-refractivity contribution in [2.75, 3.05) is 20.3 Å². The van der Waals surface area contributed by atoms with Gasteiger partial charge in [0.1, 0.15) is 9.77 Å². The topological polar surface area (TPSA) is 113 Å². The minimum absolute atomic E-state index is 0.00120. The first-order valence-electron chi connectivity index (χ1n) is 5.77. The first-order valence-corrected chi connectivity index (χ1v) is 8.14. The number of carboxylic acids is 1. The van der Waals surface area contributed by atoms with Crippen LogP contribution in [0.2, 0.25) is 0 Å². The van der Waals surface area contributed by atoms with E-state index in [4.69, 9.17) is 9.84 Å². The van der Waals surface area contributed by atoms with Crippen LogP contribution in [-0.2, 0) is 14.8 Å². The first kappa shape index (κ1) is 17.1. The molecule has 0 amide bonds.